The fourth-order valence-corrected chi connectivity index (χ4v) is 3.35. The Morgan fingerprint density at radius 3 is 2.43 bits per heavy atom. The van der Waals surface area contributed by atoms with Crippen molar-refractivity contribution in [1.82, 2.24) is 4.72 Å². The molecule has 0 heterocycles. The van der Waals surface area contributed by atoms with Gasteiger partial charge in [0.25, 0.3) is 0 Å². The van der Waals surface area contributed by atoms with E-state index in [0.717, 1.165) is 11.1 Å². The van der Waals surface area contributed by atoms with Crippen molar-refractivity contribution in [3.05, 3.63) is 63.6 Å². The Hall–Kier alpha value is -1.11. The molecule has 0 aromatic heterocycles. The van der Waals surface area contributed by atoms with Crippen molar-refractivity contribution in [2.75, 3.05) is 13.2 Å². The van der Waals surface area contributed by atoms with Gasteiger partial charge in [0.1, 0.15) is 0 Å². The molecule has 4 nitrogen and oxygen atoms in total. The van der Waals surface area contributed by atoms with Crippen LogP contribution in [0.25, 0.3) is 0 Å². The van der Waals surface area contributed by atoms with E-state index < -0.39 is 10.0 Å². The Labute approximate surface area is 146 Å². The molecule has 0 aliphatic rings. The van der Waals surface area contributed by atoms with Crippen LogP contribution in [-0.4, -0.2) is 21.6 Å². The summed E-state index contributed by atoms with van der Waals surface area (Å²) in [5.74, 6) is 0. The van der Waals surface area contributed by atoms with Gasteiger partial charge in [0.05, 0.1) is 18.1 Å². The van der Waals surface area contributed by atoms with Crippen LogP contribution in [0, 0.1) is 6.92 Å². The molecule has 7 heteroatoms. The Kier molecular flexibility index (Phi) is 6.44. The molecule has 2 rings (SSSR count). The summed E-state index contributed by atoms with van der Waals surface area (Å²) in [7, 11) is -3.51. The van der Waals surface area contributed by atoms with Crippen LogP contribution in [0.1, 0.15) is 11.1 Å². The van der Waals surface area contributed by atoms with Crippen LogP contribution in [0.3, 0.4) is 0 Å². The highest BCUT2D eigenvalue weighted by atomic mass is 35.5. The lowest BCUT2D eigenvalue weighted by molar-refractivity contribution is 0.126. The molecular weight excluding hydrogens is 357 g/mol. The van der Waals surface area contributed by atoms with Crippen molar-refractivity contribution in [3.8, 4) is 0 Å². The molecule has 0 saturated heterocycles. The highest BCUT2D eigenvalue weighted by Crippen LogP contribution is 2.21. The van der Waals surface area contributed by atoms with Crippen LogP contribution in [0.4, 0.5) is 0 Å². The number of rotatable bonds is 7. The second-order valence-electron chi connectivity index (χ2n) is 5.00. The zero-order chi connectivity index (χ0) is 16.9. The van der Waals surface area contributed by atoms with E-state index in [0.29, 0.717) is 16.7 Å². The molecule has 23 heavy (non-hydrogen) atoms. The van der Waals surface area contributed by atoms with E-state index in [1.54, 1.807) is 42.5 Å². The lowest BCUT2D eigenvalue weighted by atomic mass is 10.2. The first kappa shape index (κ1) is 18.2. The maximum atomic E-state index is 12.1. The molecule has 0 atom stereocenters. The minimum Gasteiger partial charge on any atom is -0.375 e. The smallest absolute Gasteiger partial charge is 0.240 e. The average Bonchev–Trinajstić information content (AvgIpc) is 2.49. The monoisotopic (exact) mass is 373 g/mol. The van der Waals surface area contributed by atoms with E-state index in [-0.39, 0.29) is 18.0 Å². The summed E-state index contributed by atoms with van der Waals surface area (Å²) in [6, 6.07) is 11.8. The molecular formula is C16H17Cl2NO3S. The van der Waals surface area contributed by atoms with Gasteiger partial charge in [0.15, 0.2) is 0 Å². The zero-order valence-electron chi connectivity index (χ0n) is 12.6. The first-order chi connectivity index (χ1) is 10.9. The number of nitrogens with one attached hydrogen (secondary N) is 1. The van der Waals surface area contributed by atoms with Crippen LogP contribution < -0.4 is 4.72 Å². The summed E-state index contributed by atoms with van der Waals surface area (Å²) in [6.07, 6.45) is 0. The second-order valence-corrected chi connectivity index (χ2v) is 7.61. The van der Waals surface area contributed by atoms with Gasteiger partial charge in [-0.05, 0) is 36.8 Å². The SMILES string of the molecule is Cc1ccc(S(=O)(=O)NCCOCc2ccc(Cl)cc2Cl)cc1. The van der Waals surface area contributed by atoms with Gasteiger partial charge in [0.2, 0.25) is 10.0 Å². The van der Waals surface area contributed by atoms with Gasteiger partial charge < -0.3 is 4.74 Å². The van der Waals surface area contributed by atoms with Crippen molar-refractivity contribution in [2.45, 2.75) is 18.4 Å². The fourth-order valence-electron chi connectivity index (χ4n) is 1.87. The number of hydrogen-bond donors (Lipinski definition) is 1. The Balaban J connectivity index is 1.79. The second kappa shape index (κ2) is 8.13. The van der Waals surface area contributed by atoms with E-state index in [4.69, 9.17) is 27.9 Å². The Bertz CT molecular complexity index is 761. The molecule has 124 valence electrons. The maximum absolute atomic E-state index is 12.1. The molecule has 0 bridgehead atoms. The first-order valence-electron chi connectivity index (χ1n) is 6.96. The number of ether oxygens (including phenoxy) is 1. The quantitative estimate of drug-likeness (QED) is 0.750. The van der Waals surface area contributed by atoms with Crippen LogP contribution in [0.2, 0.25) is 10.0 Å². The number of aryl methyl sites for hydroxylation is 1. The molecule has 0 aliphatic carbocycles. The lowest BCUT2D eigenvalue weighted by Crippen LogP contribution is -2.27. The first-order valence-corrected chi connectivity index (χ1v) is 9.20. The molecule has 0 saturated carbocycles. The Morgan fingerprint density at radius 2 is 1.78 bits per heavy atom. The summed E-state index contributed by atoms with van der Waals surface area (Å²) in [5, 5.41) is 1.09. The summed E-state index contributed by atoms with van der Waals surface area (Å²) < 4.78 is 32.1. The van der Waals surface area contributed by atoms with Gasteiger partial charge in [-0.1, -0.05) is 47.0 Å². The third-order valence-corrected chi connectivity index (χ3v) is 5.21. The van der Waals surface area contributed by atoms with E-state index in [1.165, 1.54) is 0 Å². The third-order valence-electron chi connectivity index (χ3n) is 3.14. The van der Waals surface area contributed by atoms with Crippen LogP contribution >= 0.6 is 23.2 Å². The third kappa shape index (κ3) is 5.48. The minimum absolute atomic E-state index is 0.182. The normalized spacial score (nSPS) is 11.6. The van der Waals surface area contributed by atoms with E-state index in [1.807, 2.05) is 6.92 Å². The van der Waals surface area contributed by atoms with Crippen molar-refractivity contribution >= 4 is 33.2 Å². The number of sulfonamides is 1. The van der Waals surface area contributed by atoms with E-state index in [2.05, 4.69) is 4.72 Å². The predicted molar refractivity (Wildman–Crippen MR) is 92.5 cm³/mol. The van der Waals surface area contributed by atoms with Gasteiger partial charge in [-0.15, -0.1) is 0 Å². The van der Waals surface area contributed by atoms with Gasteiger partial charge in [-0.2, -0.15) is 0 Å². The average molecular weight is 374 g/mol. The van der Waals surface area contributed by atoms with Gasteiger partial charge in [0, 0.05) is 16.6 Å². The Morgan fingerprint density at radius 1 is 1.09 bits per heavy atom. The van der Waals surface area contributed by atoms with Gasteiger partial charge in [-0.3, -0.25) is 0 Å². The van der Waals surface area contributed by atoms with Crippen molar-refractivity contribution in [3.63, 3.8) is 0 Å². The van der Waals surface area contributed by atoms with Crippen LogP contribution in [-0.2, 0) is 21.4 Å². The highest BCUT2D eigenvalue weighted by molar-refractivity contribution is 7.89. The molecule has 2 aromatic carbocycles. The molecule has 0 amide bonds. The molecule has 0 fully saturated rings. The number of hydrogen-bond acceptors (Lipinski definition) is 3. The lowest BCUT2D eigenvalue weighted by Gasteiger charge is -2.09. The predicted octanol–water partition coefficient (Wildman–Crippen LogP) is 3.80. The summed E-state index contributed by atoms with van der Waals surface area (Å²) >= 11 is 11.8. The number of benzene rings is 2. The van der Waals surface area contributed by atoms with Crippen LogP contribution in [0.15, 0.2) is 47.4 Å². The summed E-state index contributed by atoms with van der Waals surface area (Å²) in [5.41, 5.74) is 1.81. The summed E-state index contributed by atoms with van der Waals surface area (Å²) in [4.78, 5) is 0.240. The topological polar surface area (TPSA) is 55.4 Å². The van der Waals surface area contributed by atoms with E-state index >= 15 is 0 Å². The van der Waals surface area contributed by atoms with Crippen molar-refractivity contribution < 1.29 is 13.2 Å². The largest absolute Gasteiger partial charge is 0.375 e. The van der Waals surface area contributed by atoms with E-state index in [9.17, 15) is 8.42 Å². The minimum atomic E-state index is -3.51. The van der Waals surface area contributed by atoms with Gasteiger partial charge >= 0.3 is 0 Å². The maximum Gasteiger partial charge on any atom is 0.240 e. The molecule has 1 N–H and O–H groups in total. The molecule has 0 radical (unpaired) electrons. The zero-order valence-corrected chi connectivity index (χ0v) is 14.9. The molecule has 0 spiro atoms. The molecule has 0 unspecified atom stereocenters. The molecule has 2 aromatic rings. The van der Waals surface area contributed by atoms with Crippen molar-refractivity contribution in [2.24, 2.45) is 0 Å². The molecule has 0 aliphatic heterocycles. The highest BCUT2D eigenvalue weighted by Gasteiger charge is 2.12. The fraction of sp³-hybridized carbons (Fsp3) is 0.250. The van der Waals surface area contributed by atoms with Gasteiger partial charge in [-0.25, -0.2) is 13.1 Å². The standard InChI is InChI=1S/C16H17Cl2NO3S/c1-12-2-6-15(7-3-12)23(20,21)19-8-9-22-11-13-4-5-14(17)10-16(13)18/h2-7,10,19H,8-9,11H2,1H3. The summed E-state index contributed by atoms with van der Waals surface area (Å²) in [6.45, 7) is 2.62. The number of halogens is 2. The van der Waals surface area contributed by atoms with Crippen molar-refractivity contribution in [1.29, 1.82) is 0 Å². The van der Waals surface area contributed by atoms with Crippen LogP contribution in [0.5, 0.6) is 0 Å².